The average Bonchev–Trinajstić information content (AvgIpc) is 2.60. The fourth-order valence-corrected chi connectivity index (χ4v) is 2.78. The summed E-state index contributed by atoms with van der Waals surface area (Å²) in [5.74, 6) is 0. The molecule has 0 atom stereocenters. The molecule has 0 aliphatic carbocycles. The molecule has 2 N–H and O–H groups in total. The van der Waals surface area contributed by atoms with Gasteiger partial charge in [-0.1, -0.05) is 18.2 Å². The highest BCUT2D eigenvalue weighted by atomic mass is 32.2. The fourth-order valence-electron chi connectivity index (χ4n) is 2.24. The standard InChI is InChI=1S/C18H20F3N3OS/c1-24(15-6-3-2-4-7-15)13-5-12-22-17(25)23-14-8-10-16(11-9-14)26-18(19,20)21/h2-4,6-11H,5,12-13H2,1H3,(H2,22,23,25). The number of rotatable bonds is 7. The van der Waals surface area contributed by atoms with E-state index in [1.54, 1.807) is 0 Å². The van der Waals surface area contributed by atoms with Gasteiger partial charge in [0.25, 0.3) is 0 Å². The third kappa shape index (κ3) is 7.26. The number of carbonyl (C=O) groups is 1. The second-order valence-electron chi connectivity index (χ2n) is 5.56. The summed E-state index contributed by atoms with van der Waals surface area (Å²) in [7, 11) is 1.98. The maximum absolute atomic E-state index is 12.3. The van der Waals surface area contributed by atoms with Crippen LogP contribution in [-0.2, 0) is 0 Å². The topological polar surface area (TPSA) is 44.4 Å². The molecule has 0 spiro atoms. The number of hydrogen-bond donors (Lipinski definition) is 2. The largest absolute Gasteiger partial charge is 0.446 e. The molecule has 0 unspecified atom stereocenters. The SMILES string of the molecule is CN(CCCNC(=O)Nc1ccc(SC(F)(F)F)cc1)c1ccccc1. The number of para-hydroxylation sites is 1. The van der Waals surface area contributed by atoms with Gasteiger partial charge in [-0.25, -0.2) is 4.79 Å². The molecule has 26 heavy (non-hydrogen) atoms. The van der Waals surface area contributed by atoms with E-state index >= 15 is 0 Å². The van der Waals surface area contributed by atoms with Gasteiger partial charge in [-0.2, -0.15) is 13.2 Å². The summed E-state index contributed by atoms with van der Waals surface area (Å²) in [5, 5.41) is 5.33. The molecule has 4 nitrogen and oxygen atoms in total. The maximum Gasteiger partial charge on any atom is 0.446 e. The van der Waals surface area contributed by atoms with E-state index in [2.05, 4.69) is 15.5 Å². The number of nitrogens with zero attached hydrogens (tertiary/aromatic N) is 1. The van der Waals surface area contributed by atoms with Crippen molar-refractivity contribution in [1.29, 1.82) is 0 Å². The van der Waals surface area contributed by atoms with Gasteiger partial charge in [0.1, 0.15) is 0 Å². The monoisotopic (exact) mass is 383 g/mol. The van der Waals surface area contributed by atoms with E-state index in [1.807, 2.05) is 37.4 Å². The van der Waals surface area contributed by atoms with Gasteiger partial charge < -0.3 is 15.5 Å². The Hall–Kier alpha value is -2.35. The number of nitrogens with one attached hydrogen (secondary N) is 2. The predicted molar refractivity (Wildman–Crippen MR) is 99.7 cm³/mol. The molecule has 0 saturated heterocycles. The van der Waals surface area contributed by atoms with Crippen molar-refractivity contribution in [2.45, 2.75) is 16.8 Å². The molecule has 140 valence electrons. The van der Waals surface area contributed by atoms with Gasteiger partial charge in [0.15, 0.2) is 0 Å². The van der Waals surface area contributed by atoms with Crippen molar-refractivity contribution < 1.29 is 18.0 Å². The van der Waals surface area contributed by atoms with Gasteiger partial charge in [-0.15, -0.1) is 0 Å². The number of anilines is 2. The third-order valence-electron chi connectivity index (χ3n) is 3.50. The van der Waals surface area contributed by atoms with E-state index in [0.717, 1.165) is 18.7 Å². The van der Waals surface area contributed by atoms with E-state index < -0.39 is 5.51 Å². The number of halogens is 3. The third-order valence-corrected chi connectivity index (χ3v) is 4.24. The van der Waals surface area contributed by atoms with Crippen LogP contribution in [-0.4, -0.2) is 31.7 Å². The zero-order valence-corrected chi connectivity index (χ0v) is 15.0. The van der Waals surface area contributed by atoms with Crippen molar-refractivity contribution in [2.75, 3.05) is 30.4 Å². The Balaban J connectivity index is 1.68. The first-order valence-electron chi connectivity index (χ1n) is 8.00. The van der Waals surface area contributed by atoms with E-state index in [9.17, 15) is 18.0 Å². The number of alkyl halides is 3. The van der Waals surface area contributed by atoms with E-state index in [0.29, 0.717) is 12.2 Å². The van der Waals surface area contributed by atoms with Gasteiger partial charge in [-0.05, 0) is 54.6 Å². The highest BCUT2D eigenvalue weighted by Crippen LogP contribution is 2.36. The number of hydrogen-bond acceptors (Lipinski definition) is 3. The van der Waals surface area contributed by atoms with Crippen LogP contribution in [0.1, 0.15) is 6.42 Å². The molecule has 0 bridgehead atoms. The van der Waals surface area contributed by atoms with Crippen molar-refractivity contribution in [2.24, 2.45) is 0 Å². The quantitative estimate of drug-likeness (QED) is 0.525. The lowest BCUT2D eigenvalue weighted by atomic mass is 10.3. The summed E-state index contributed by atoms with van der Waals surface area (Å²) in [4.78, 5) is 14.0. The Labute approximate surface area is 154 Å². The molecule has 0 heterocycles. The van der Waals surface area contributed by atoms with Gasteiger partial charge in [0, 0.05) is 36.4 Å². The lowest BCUT2D eigenvalue weighted by Crippen LogP contribution is -2.31. The first kappa shape index (κ1) is 20.0. The Morgan fingerprint density at radius 2 is 1.73 bits per heavy atom. The first-order chi connectivity index (χ1) is 12.3. The molecule has 8 heteroatoms. The molecule has 0 radical (unpaired) electrons. The minimum absolute atomic E-state index is 0.0763. The average molecular weight is 383 g/mol. The normalized spacial score (nSPS) is 11.1. The van der Waals surface area contributed by atoms with Crippen molar-refractivity contribution in [3.05, 3.63) is 54.6 Å². The van der Waals surface area contributed by atoms with Crippen molar-refractivity contribution in [1.82, 2.24) is 5.32 Å². The van der Waals surface area contributed by atoms with Crippen molar-refractivity contribution in [3.8, 4) is 0 Å². The Kier molecular flexibility index (Phi) is 7.20. The molecular weight excluding hydrogens is 363 g/mol. The first-order valence-corrected chi connectivity index (χ1v) is 8.82. The molecule has 0 aliphatic rings. The molecule has 0 fully saturated rings. The van der Waals surface area contributed by atoms with Crippen LogP contribution in [0.25, 0.3) is 0 Å². The van der Waals surface area contributed by atoms with Crippen LogP contribution >= 0.6 is 11.8 Å². The Bertz CT molecular complexity index is 693. The smallest absolute Gasteiger partial charge is 0.375 e. The molecule has 2 amide bonds. The summed E-state index contributed by atoms with van der Waals surface area (Å²) in [6.45, 7) is 1.28. The number of thioether (sulfide) groups is 1. The Morgan fingerprint density at radius 1 is 1.08 bits per heavy atom. The summed E-state index contributed by atoms with van der Waals surface area (Å²) in [6.07, 6.45) is 0.764. The van der Waals surface area contributed by atoms with Crippen LogP contribution in [0.5, 0.6) is 0 Å². The van der Waals surface area contributed by atoms with Crippen LogP contribution in [0.4, 0.5) is 29.3 Å². The van der Waals surface area contributed by atoms with Crippen LogP contribution in [0.15, 0.2) is 59.5 Å². The fraction of sp³-hybridized carbons (Fsp3) is 0.278. The lowest BCUT2D eigenvalue weighted by Gasteiger charge is -2.19. The minimum Gasteiger partial charge on any atom is -0.375 e. The summed E-state index contributed by atoms with van der Waals surface area (Å²) in [6, 6.07) is 15.1. The zero-order valence-electron chi connectivity index (χ0n) is 14.2. The van der Waals surface area contributed by atoms with E-state index in [-0.39, 0.29) is 22.7 Å². The molecule has 0 saturated carbocycles. The summed E-state index contributed by atoms with van der Waals surface area (Å²) < 4.78 is 36.8. The van der Waals surface area contributed by atoms with Crippen LogP contribution in [0.2, 0.25) is 0 Å². The van der Waals surface area contributed by atoms with Gasteiger partial charge in [-0.3, -0.25) is 0 Å². The number of carbonyl (C=O) groups excluding carboxylic acids is 1. The molecular formula is C18H20F3N3OS. The number of benzene rings is 2. The van der Waals surface area contributed by atoms with Crippen LogP contribution in [0, 0.1) is 0 Å². The van der Waals surface area contributed by atoms with Crippen LogP contribution in [0.3, 0.4) is 0 Å². The van der Waals surface area contributed by atoms with Crippen LogP contribution < -0.4 is 15.5 Å². The van der Waals surface area contributed by atoms with Gasteiger partial charge in [0.2, 0.25) is 0 Å². The summed E-state index contributed by atoms with van der Waals surface area (Å²) in [5.41, 5.74) is -2.77. The molecule has 2 aromatic carbocycles. The zero-order chi connectivity index (χ0) is 19.0. The molecule has 0 aromatic heterocycles. The number of amides is 2. The summed E-state index contributed by atoms with van der Waals surface area (Å²) >= 11 is -0.187. The molecule has 0 aliphatic heterocycles. The molecule has 2 rings (SSSR count). The van der Waals surface area contributed by atoms with E-state index in [1.165, 1.54) is 24.3 Å². The van der Waals surface area contributed by atoms with Gasteiger partial charge in [0.05, 0.1) is 0 Å². The van der Waals surface area contributed by atoms with Crippen molar-refractivity contribution in [3.63, 3.8) is 0 Å². The highest BCUT2D eigenvalue weighted by molar-refractivity contribution is 8.00. The number of urea groups is 1. The van der Waals surface area contributed by atoms with Crippen molar-refractivity contribution >= 4 is 29.2 Å². The second kappa shape index (κ2) is 9.38. The molecule has 2 aromatic rings. The lowest BCUT2D eigenvalue weighted by molar-refractivity contribution is -0.0328. The maximum atomic E-state index is 12.3. The minimum atomic E-state index is -4.32. The predicted octanol–water partition coefficient (Wildman–Crippen LogP) is 4.95. The van der Waals surface area contributed by atoms with Gasteiger partial charge >= 0.3 is 11.5 Å². The highest BCUT2D eigenvalue weighted by Gasteiger charge is 2.28. The Morgan fingerprint density at radius 3 is 2.35 bits per heavy atom. The van der Waals surface area contributed by atoms with E-state index in [4.69, 9.17) is 0 Å². The second-order valence-corrected chi connectivity index (χ2v) is 6.70.